The smallest absolute Gasteiger partial charge is 0.263 e. The molecule has 2 nitrogen and oxygen atoms in total. The third kappa shape index (κ3) is 3.41. The molecule has 18 heavy (non-hydrogen) atoms. The molecule has 0 aromatic heterocycles. The van der Waals surface area contributed by atoms with Gasteiger partial charge in [0, 0.05) is 12.5 Å². The Labute approximate surface area is 109 Å². The van der Waals surface area contributed by atoms with Crippen molar-refractivity contribution < 1.29 is 8.78 Å². The number of piperidine rings is 2. The Hall–Kier alpha value is -0.220. The zero-order valence-corrected chi connectivity index (χ0v) is 11.7. The predicted molar refractivity (Wildman–Crippen MR) is 70.0 cm³/mol. The van der Waals surface area contributed by atoms with Gasteiger partial charge < -0.3 is 4.90 Å². The van der Waals surface area contributed by atoms with Gasteiger partial charge in [0.15, 0.2) is 0 Å². The van der Waals surface area contributed by atoms with E-state index in [-0.39, 0.29) is 6.54 Å². The highest BCUT2D eigenvalue weighted by Crippen LogP contribution is 2.33. The fourth-order valence-electron chi connectivity index (χ4n) is 3.13. The maximum Gasteiger partial charge on any atom is 0.263 e. The number of hydrogen-bond donors (Lipinski definition) is 0. The van der Waals surface area contributed by atoms with Gasteiger partial charge in [-0.3, -0.25) is 4.90 Å². The van der Waals surface area contributed by atoms with Crippen LogP contribution in [0.4, 0.5) is 8.78 Å². The van der Waals surface area contributed by atoms with Gasteiger partial charge in [-0.15, -0.1) is 0 Å². The SMILES string of the molecule is CCN1CCC(CN2CCC(C)C(F)(F)C2)CC1. The molecule has 0 saturated carbocycles. The molecule has 0 aromatic carbocycles. The number of nitrogens with zero attached hydrogens (tertiary/aromatic N) is 2. The summed E-state index contributed by atoms with van der Waals surface area (Å²) in [5.41, 5.74) is 0. The Balaban J connectivity index is 1.77. The summed E-state index contributed by atoms with van der Waals surface area (Å²) >= 11 is 0. The van der Waals surface area contributed by atoms with Crippen molar-refractivity contribution in [3.63, 3.8) is 0 Å². The van der Waals surface area contributed by atoms with Crippen molar-refractivity contribution in [3.05, 3.63) is 0 Å². The third-order valence-corrected chi connectivity index (χ3v) is 4.70. The van der Waals surface area contributed by atoms with Gasteiger partial charge in [-0.1, -0.05) is 13.8 Å². The molecule has 106 valence electrons. The molecular weight excluding hydrogens is 234 g/mol. The summed E-state index contributed by atoms with van der Waals surface area (Å²) in [7, 11) is 0. The molecule has 0 aliphatic carbocycles. The summed E-state index contributed by atoms with van der Waals surface area (Å²) in [5, 5.41) is 0. The zero-order valence-electron chi connectivity index (χ0n) is 11.7. The van der Waals surface area contributed by atoms with Crippen LogP contribution in [0.15, 0.2) is 0 Å². The summed E-state index contributed by atoms with van der Waals surface area (Å²) in [6.07, 6.45) is 2.98. The van der Waals surface area contributed by atoms with E-state index in [9.17, 15) is 8.78 Å². The molecular formula is C14H26F2N2. The summed E-state index contributed by atoms with van der Waals surface area (Å²) in [4.78, 5) is 4.44. The van der Waals surface area contributed by atoms with Crippen molar-refractivity contribution in [2.24, 2.45) is 11.8 Å². The van der Waals surface area contributed by atoms with Crippen LogP contribution in [-0.2, 0) is 0 Å². The lowest BCUT2D eigenvalue weighted by molar-refractivity contribution is -0.108. The first-order valence-electron chi connectivity index (χ1n) is 7.34. The van der Waals surface area contributed by atoms with E-state index in [2.05, 4.69) is 11.8 Å². The van der Waals surface area contributed by atoms with Gasteiger partial charge in [0.05, 0.1) is 6.54 Å². The molecule has 2 heterocycles. The van der Waals surface area contributed by atoms with E-state index < -0.39 is 11.8 Å². The Morgan fingerprint density at radius 1 is 1.06 bits per heavy atom. The average molecular weight is 260 g/mol. The normalized spacial score (nSPS) is 31.7. The molecule has 1 atom stereocenters. The highest BCUT2D eigenvalue weighted by atomic mass is 19.3. The van der Waals surface area contributed by atoms with Crippen LogP contribution in [0, 0.1) is 11.8 Å². The van der Waals surface area contributed by atoms with E-state index in [1.54, 1.807) is 6.92 Å². The van der Waals surface area contributed by atoms with Crippen molar-refractivity contribution in [2.45, 2.75) is 39.0 Å². The van der Waals surface area contributed by atoms with Crippen LogP contribution in [0.3, 0.4) is 0 Å². The molecule has 2 aliphatic heterocycles. The van der Waals surface area contributed by atoms with Crippen LogP contribution in [0.5, 0.6) is 0 Å². The van der Waals surface area contributed by atoms with Gasteiger partial charge >= 0.3 is 0 Å². The quantitative estimate of drug-likeness (QED) is 0.770. The summed E-state index contributed by atoms with van der Waals surface area (Å²) in [6.45, 7) is 8.96. The Morgan fingerprint density at radius 2 is 1.67 bits per heavy atom. The average Bonchev–Trinajstić information content (AvgIpc) is 2.34. The maximum atomic E-state index is 13.7. The third-order valence-electron chi connectivity index (χ3n) is 4.70. The van der Waals surface area contributed by atoms with Crippen molar-refractivity contribution in [1.29, 1.82) is 0 Å². The highest BCUT2D eigenvalue weighted by molar-refractivity contribution is 4.85. The standard InChI is InChI=1S/C14H26F2N2/c1-3-17-8-5-13(6-9-17)10-18-7-4-12(2)14(15,16)11-18/h12-13H,3-11H2,1-2H3. The number of rotatable bonds is 3. The monoisotopic (exact) mass is 260 g/mol. The molecule has 1 unspecified atom stereocenters. The van der Waals surface area contributed by atoms with Crippen LogP contribution in [0.2, 0.25) is 0 Å². The van der Waals surface area contributed by atoms with Crippen LogP contribution in [-0.4, -0.2) is 55.0 Å². The second-order valence-corrected chi connectivity index (χ2v) is 6.06. The van der Waals surface area contributed by atoms with Crippen LogP contribution < -0.4 is 0 Å². The van der Waals surface area contributed by atoms with Crippen molar-refractivity contribution in [2.75, 3.05) is 39.3 Å². The molecule has 0 N–H and O–H groups in total. The minimum Gasteiger partial charge on any atom is -0.304 e. The number of hydrogen-bond acceptors (Lipinski definition) is 2. The number of halogens is 2. The highest BCUT2D eigenvalue weighted by Gasteiger charge is 2.42. The van der Waals surface area contributed by atoms with Gasteiger partial charge in [-0.05, 0) is 51.4 Å². The first-order valence-corrected chi connectivity index (χ1v) is 7.34. The Kier molecular flexibility index (Phi) is 4.59. The number of alkyl halides is 2. The van der Waals surface area contributed by atoms with E-state index in [0.717, 1.165) is 32.7 Å². The Bertz CT molecular complexity index is 263. The molecule has 0 amide bonds. The second-order valence-electron chi connectivity index (χ2n) is 6.06. The molecule has 0 aromatic rings. The van der Waals surface area contributed by atoms with E-state index in [0.29, 0.717) is 12.3 Å². The first-order chi connectivity index (χ1) is 8.51. The minimum absolute atomic E-state index is 0.0256. The van der Waals surface area contributed by atoms with Gasteiger partial charge in [-0.25, -0.2) is 8.78 Å². The van der Waals surface area contributed by atoms with Gasteiger partial charge in [0.1, 0.15) is 0 Å². The largest absolute Gasteiger partial charge is 0.304 e. The first kappa shape index (κ1) is 14.2. The molecule has 0 spiro atoms. The lowest BCUT2D eigenvalue weighted by atomic mass is 9.91. The molecule has 0 bridgehead atoms. The molecule has 2 rings (SSSR count). The fourth-order valence-corrected chi connectivity index (χ4v) is 3.13. The zero-order chi connectivity index (χ0) is 13.2. The predicted octanol–water partition coefficient (Wildman–Crippen LogP) is 2.70. The van der Waals surface area contributed by atoms with Crippen LogP contribution in [0.1, 0.15) is 33.1 Å². The van der Waals surface area contributed by atoms with Crippen LogP contribution in [0.25, 0.3) is 0 Å². The summed E-state index contributed by atoms with van der Waals surface area (Å²) in [5.74, 6) is -2.31. The van der Waals surface area contributed by atoms with E-state index >= 15 is 0 Å². The lowest BCUT2D eigenvalue weighted by Crippen LogP contribution is -2.49. The maximum absolute atomic E-state index is 13.7. The molecule has 2 aliphatic rings. The summed E-state index contributed by atoms with van der Waals surface area (Å²) < 4.78 is 27.3. The molecule has 4 heteroatoms. The van der Waals surface area contributed by atoms with Crippen molar-refractivity contribution >= 4 is 0 Å². The Morgan fingerprint density at radius 3 is 2.22 bits per heavy atom. The minimum atomic E-state index is -2.48. The van der Waals surface area contributed by atoms with E-state index in [1.807, 2.05) is 4.90 Å². The van der Waals surface area contributed by atoms with Gasteiger partial charge in [0.25, 0.3) is 5.92 Å². The lowest BCUT2D eigenvalue weighted by Gasteiger charge is -2.40. The van der Waals surface area contributed by atoms with Crippen LogP contribution >= 0.6 is 0 Å². The van der Waals surface area contributed by atoms with E-state index in [4.69, 9.17) is 0 Å². The number of likely N-dealkylation sites (tertiary alicyclic amines) is 2. The second kappa shape index (κ2) is 5.83. The topological polar surface area (TPSA) is 6.48 Å². The van der Waals surface area contributed by atoms with Gasteiger partial charge in [0.2, 0.25) is 0 Å². The fraction of sp³-hybridized carbons (Fsp3) is 1.00. The molecule has 0 radical (unpaired) electrons. The van der Waals surface area contributed by atoms with Gasteiger partial charge in [-0.2, -0.15) is 0 Å². The van der Waals surface area contributed by atoms with Crippen molar-refractivity contribution in [1.82, 2.24) is 9.80 Å². The molecule has 2 fully saturated rings. The van der Waals surface area contributed by atoms with Crippen molar-refractivity contribution in [3.8, 4) is 0 Å². The molecule has 2 saturated heterocycles. The van der Waals surface area contributed by atoms with E-state index in [1.165, 1.54) is 12.8 Å². The summed E-state index contributed by atoms with van der Waals surface area (Å²) in [6, 6.07) is 0.